The molecular weight excluding hydrogens is 256 g/mol. The van der Waals surface area contributed by atoms with Crippen LogP contribution < -0.4 is 0 Å². The van der Waals surface area contributed by atoms with Crippen molar-refractivity contribution in [2.24, 2.45) is 0 Å². The topological polar surface area (TPSA) is 80.2 Å². The van der Waals surface area contributed by atoms with Gasteiger partial charge in [0.2, 0.25) is 0 Å². The predicted octanol–water partition coefficient (Wildman–Crippen LogP) is 2.28. The molecule has 0 radical (unpaired) electrons. The van der Waals surface area contributed by atoms with Gasteiger partial charge in [0.1, 0.15) is 5.82 Å². The summed E-state index contributed by atoms with van der Waals surface area (Å²) in [6, 6.07) is 7.82. The Labute approximate surface area is 116 Å². The number of aromatic nitrogens is 2. The average molecular weight is 270 g/mol. The number of benzene rings is 1. The number of aromatic carboxylic acids is 1. The van der Waals surface area contributed by atoms with E-state index in [0.29, 0.717) is 12.2 Å². The van der Waals surface area contributed by atoms with Gasteiger partial charge in [0.15, 0.2) is 11.5 Å². The van der Waals surface area contributed by atoms with Crippen molar-refractivity contribution in [3.05, 3.63) is 58.7 Å². The monoisotopic (exact) mass is 270 g/mol. The maximum absolute atomic E-state index is 11.3. The second kappa shape index (κ2) is 5.61. The molecule has 0 amide bonds. The third-order valence-electron chi connectivity index (χ3n) is 2.87. The molecule has 2 aromatic rings. The summed E-state index contributed by atoms with van der Waals surface area (Å²) in [5.74, 6) is -1.19. The fourth-order valence-electron chi connectivity index (χ4n) is 1.93. The van der Waals surface area contributed by atoms with Crippen LogP contribution in [0.2, 0.25) is 0 Å². The third-order valence-corrected chi connectivity index (χ3v) is 2.87. The smallest absolute Gasteiger partial charge is 0.355 e. The van der Waals surface area contributed by atoms with E-state index in [1.54, 1.807) is 0 Å². The van der Waals surface area contributed by atoms with Crippen LogP contribution in [0.3, 0.4) is 0 Å². The standard InChI is InChI=1S/C15H14N2O3/c1-9-4-3-5-11(6-9)7-13-16-8-12(10(2)18)14(17-13)15(19)20/h3-6,8H,7H2,1-2H3,(H,19,20). The molecule has 0 aliphatic rings. The Morgan fingerprint density at radius 2 is 2.05 bits per heavy atom. The second-order valence-electron chi connectivity index (χ2n) is 4.58. The largest absolute Gasteiger partial charge is 0.476 e. The van der Waals surface area contributed by atoms with Gasteiger partial charge >= 0.3 is 5.97 Å². The van der Waals surface area contributed by atoms with Crippen LogP contribution in [0.4, 0.5) is 0 Å². The summed E-state index contributed by atoms with van der Waals surface area (Å²) < 4.78 is 0. The van der Waals surface area contributed by atoms with Crippen LogP contribution in [0.1, 0.15) is 44.7 Å². The van der Waals surface area contributed by atoms with E-state index < -0.39 is 5.97 Å². The van der Waals surface area contributed by atoms with Crippen molar-refractivity contribution in [3.8, 4) is 0 Å². The SMILES string of the molecule is CC(=O)c1cnc(Cc2cccc(C)c2)nc1C(=O)O. The van der Waals surface area contributed by atoms with E-state index >= 15 is 0 Å². The van der Waals surface area contributed by atoms with Gasteiger partial charge < -0.3 is 5.11 Å². The van der Waals surface area contributed by atoms with E-state index in [9.17, 15) is 9.59 Å². The highest BCUT2D eigenvalue weighted by atomic mass is 16.4. The molecule has 2 rings (SSSR count). The first-order valence-electron chi connectivity index (χ1n) is 6.13. The zero-order chi connectivity index (χ0) is 14.7. The minimum atomic E-state index is -1.22. The van der Waals surface area contributed by atoms with Gasteiger partial charge in [-0.3, -0.25) is 4.79 Å². The quantitative estimate of drug-likeness (QED) is 0.862. The minimum Gasteiger partial charge on any atom is -0.476 e. The molecule has 5 nitrogen and oxygen atoms in total. The van der Waals surface area contributed by atoms with Crippen LogP contribution in [-0.4, -0.2) is 26.8 Å². The van der Waals surface area contributed by atoms with Gasteiger partial charge in [0.05, 0.1) is 5.56 Å². The molecule has 1 aromatic heterocycles. The molecule has 5 heteroatoms. The lowest BCUT2D eigenvalue weighted by atomic mass is 10.1. The number of carboxylic acids is 1. The highest BCUT2D eigenvalue weighted by Gasteiger charge is 2.17. The Kier molecular flexibility index (Phi) is 3.89. The number of rotatable bonds is 4. The summed E-state index contributed by atoms with van der Waals surface area (Å²) in [7, 11) is 0. The van der Waals surface area contributed by atoms with E-state index in [4.69, 9.17) is 5.11 Å². The number of carbonyl (C=O) groups is 2. The molecule has 20 heavy (non-hydrogen) atoms. The summed E-state index contributed by atoms with van der Waals surface area (Å²) in [6.45, 7) is 3.28. The summed E-state index contributed by atoms with van der Waals surface area (Å²) in [6.07, 6.45) is 1.71. The summed E-state index contributed by atoms with van der Waals surface area (Å²) >= 11 is 0. The highest BCUT2D eigenvalue weighted by molar-refractivity contribution is 6.03. The Balaban J connectivity index is 2.36. The lowest BCUT2D eigenvalue weighted by Gasteiger charge is -2.05. The maximum Gasteiger partial charge on any atom is 0.355 e. The summed E-state index contributed by atoms with van der Waals surface area (Å²) in [5.41, 5.74) is 1.90. The van der Waals surface area contributed by atoms with Crippen molar-refractivity contribution in [1.29, 1.82) is 0 Å². The Bertz CT molecular complexity index is 681. The van der Waals surface area contributed by atoms with Crippen molar-refractivity contribution in [1.82, 2.24) is 9.97 Å². The van der Waals surface area contributed by atoms with E-state index in [2.05, 4.69) is 9.97 Å². The van der Waals surface area contributed by atoms with Crippen LogP contribution >= 0.6 is 0 Å². The van der Waals surface area contributed by atoms with Gasteiger partial charge in [0, 0.05) is 12.6 Å². The van der Waals surface area contributed by atoms with Crippen molar-refractivity contribution in [3.63, 3.8) is 0 Å². The van der Waals surface area contributed by atoms with E-state index in [1.807, 2.05) is 31.2 Å². The third kappa shape index (κ3) is 3.06. The molecule has 1 aromatic carbocycles. The van der Waals surface area contributed by atoms with Gasteiger partial charge in [0.25, 0.3) is 0 Å². The Hall–Kier alpha value is -2.56. The van der Waals surface area contributed by atoms with Crippen LogP contribution in [0.25, 0.3) is 0 Å². The van der Waals surface area contributed by atoms with Crippen LogP contribution in [0, 0.1) is 6.92 Å². The highest BCUT2D eigenvalue weighted by Crippen LogP contribution is 2.11. The fourth-order valence-corrected chi connectivity index (χ4v) is 1.93. The molecule has 0 saturated heterocycles. The molecule has 0 atom stereocenters. The van der Waals surface area contributed by atoms with E-state index in [1.165, 1.54) is 13.1 Å². The Morgan fingerprint density at radius 1 is 1.30 bits per heavy atom. The number of aryl methyl sites for hydroxylation is 1. The molecule has 0 bridgehead atoms. The van der Waals surface area contributed by atoms with Crippen molar-refractivity contribution >= 4 is 11.8 Å². The lowest BCUT2D eigenvalue weighted by molar-refractivity contribution is 0.0685. The minimum absolute atomic E-state index is 0.0329. The van der Waals surface area contributed by atoms with Crippen LogP contribution in [-0.2, 0) is 6.42 Å². The average Bonchev–Trinajstić information content (AvgIpc) is 2.38. The fraction of sp³-hybridized carbons (Fsp3) is 0.200. The summed E-state index contributed by atoms with van der Waals surface area (Å²) in [5, 5.41) is 9.11. The number of hydrogen-bond acceptors (Lipinski definition) is 4. The van der Waals surface area contributed by atoms with Gasteiger partial charge in [-0.2, -0.15) is 0 Å². The predicted molar refractivity (Wildman–Crippen MR) is 73.0 cm³/mol. The number of carboxylic acid groups (broad SMARTS) is 1. The Morgan fingerprint density at radius 3 is 2.65 bits per heavy atom. The van der Waals surface area contributed by atoms with Crippen molar-refractivity contribution in [2.45, 2.75) is 20.3 Å². The number of ketones is 1. The van der Waals surface area contributed by atoms with Crippen molar-refractivity contribution < 1.29 is 14.7 Å². The number of carbonyl (C=O) groups excluding carboxylic acids is 1. The van der Waals surface area contributed by atoms with Crippen LogP contribution in [0.15, 0.2) is 30.5 Å². The summed E-state index contributed by atoms with van der Waals surface area (Å²) in [4.78, 5) is 30.5. The molecule has 0 saturated carbocycles. The van der Waals surface area contributed by atoms with Crippen molar-refractivity contribution in [2.75, 3.05) is 0 Å². The molecule has 0 fully saturated rings. The zero-order valence-electron chi connectivity index (χ0n) is 11.3. The van der Waals surface area contributed by atoms with Gasteiger partial charge in [-0.15, -0.1) is 0 Å². The molecule has 0 aliphatic carbocycles. The number of hydrogen-bond donors (Lipinski definition) is 1. The molecule has 1 heterocycles. The zero-order valence-corrected chi connectivity index (χ0v) is 11.3. The molecule has 0 aliphatic heterocycles. The molecule has 0 spiro atoms. The van der Waals surface area contributed by atoms with Gasteiger partial charge in [-0.25, -0.2) is 14.8 Å². The molecule has 102 valence electrons. The number of nitrogens with zero attached hydrogens (tertiary/aromatic N) is 2. The van der Waals surface area contributed by atoms with E-state index in [0.717, 1.165) is 11.1 Å². The first kappa shape index (κ1) is 13.9. The van der Waals surface area contributed by atoms with Crippen LogP contribution in [0.5, 0.6) is 0 Å². The molecular formula is C15H14N2O3. The van der Waals surface area contributed by atoms with E-state index in [-0.39, 0.29) is 17.0 Å². The normalized spacial score (nSPS) is 10.3. The lowest BCUT2D eigenvalue weighted by Crippen LogP contribution is -2.12. The first-order chi connectivity index (χ1) is 9.47. The second-order valence-corrected chi connectivity index (χ2v) is 4.58. The number of Topliss-reactive ketones (excluding diaryl/α,β-unsaturated/α-hetero) is 1. The first-order valence-corrected chi connectivity index (χ1v) is 6.13. The maximum atomic E-state index is 11.3. The van der Waals surface area contributed by atoms with Gasteiger partial charge in [-0.05, 0) is 19.4 Å². The molecule has 1 N–H and O–H groups in total. The van der Waals surface area contributed by atoms with Gasteiger partial charge in [-0.1, -0.05) is 29.8 Å². The molecule has 0 unspecified atom stereocenters.